The van der Waals surface area contributed by atoms with E-state index < -0.39 is 11.0 Å². The zero-order valence-electron chi connectivity index (χ0n) is 13.4. The number of rotatable bonds is 5. The molecule has 0 amide bonds. The minimum Gasteiger partial charge on any atom is -0.387 e. The van der Waals surface area contributed by atoms with Gasteiger partial charge in [0.1, 0.15) is 0 Å². The number of aliphatic hydroxyl groups is 1. The van der Waals surface area contributed by atoms with Crippen molar-refractivity contribution in [3.63, 3.8) is 0 Å². The maximum absolute atomic E-state index is 10.8. The molecule has 1 heterocycles. The SMILES string of the molecule is O=[N+]([O-])c1cccc(C(O)CN2CCN(C3CCCC3)CC2)c1. The summed E-state index contributed by atoms with van der Waals surface area (Å²) in [5.74, 6) is 0. The summed E-state index contributed by atoms with van der Waals surface area (Å²) in [4.78, 5) is 15.3. The van der Waals surface area contributed by atoms with Gasteiger partial charge in [-0.3, -0.25) is 19.9 Å². The summed E-state index contributed by atoms with van der Waals surface area (Å²) in [5, 5.41) is 21.2. The monoisotopic (exact) mass is 319 g/mol. The summed E-state index contributed by atoms with van der Waals surface area (Å²) in [7, 11) is 0. The molecule has 1 aromatic carbocycles. The molecule has 0 spiro atoms. The Balaban J connectivity index is 1.51. The van der Waals surface area contributed by atoms with E-state index in [9.17, 15) is 15.2 Å². The maximum atomic E-state index is 10.8. The van der Waals surface area contributed by atoms with Crippen LogP contribution in [0.1, 0.15) is 37.4 Å². The average Bonchev–Trinajstić information content (AvgIpc) is 3.10. The zero-order chi connectivity index (χ0) is 16.2. The van der Waals surface area contributed by atoms with Crippen LogP contribution < -0.4 is 0 Å². The number of hydrogen-bond acceptors (Lipinski definition) is 5. The van der Waals surface area contributed by atoms with Crippen LogP contribution in [0.15, 0.2) is 24.3 Å². The predicted molar refractivity (Wildman–Crippen MR) is 88.3 cm³/mol. The Labute approximate surface area is 136 Å². The molecule has 1 aromatic rings. The molecule has 23 heavy (non-hydrogen) atoms. The number of nitro benzene ring substituents is 1. The lowest BCUT2D eigenvalue weighted by atomic mass is 10.1. The molecule has 3 rings (SSSR count). The summed E-state index contributed by atoms with van der Waals surface area (Å²) in [6.45, 7) is 4.59. The molecule has 0 radical (unpaired) electrons. The molecule has 1 aliphatic heterocycles. The molecule has 1 aliphatic carbocycles. The van der Waals surface area contributed by atoms with Crippen molar-refractivity contribution < 1.29 is 10.0 Å². The number of nitrogens with zero attached hydrogens (tertiary/aromatic N) is 3. The first-order valence-electron chi connectivity index (χ1n) is 8.52. The van der Waals surface area contributed by atoms with Crippen LogP contribution in [-0.4, -0.2) is 58.6 Å². The second-order valence-corrected chi connectivity index (χ2v) is 6.64. The van der Waals surface area contributed by atoms with Crippen LogP contribution in [-0.2, 0) is 0 Å². The van der Waals surface area contributed by atoms with Crippen molar-refractivity contribution in [1.29, 1.82) is 0 Å². The standard InChI is InChI=1S/C17H25N3O3/c21-17(14-4-3-7-16(12-14)20(22)23)13-18-8-10-19(11-9-18)15-5-1-2-6-15/h3-4,7,12,15,17,21H,1-2,5-6,8-11,13H2. The second kappa shape index (κ2) is 7.38. The first-order chi connectivity index (χ1) is 11.1. The highest BCUT2D eigenvalue weighted by Crippen LogP contribution is 2.25. The van der Waals surface area contributed by atoms with Crippen LogP contribution in [0.4, 0.5) is 5.69 Å². The molecule has 1 saturated heterocycles. The van der Waals surface area contributed by atoms with E-state index in [1.165, 1.54) is 37.8 Å². The highest BCUT2D eigenvalue weighted by molar-refractivity contribution is 5.35. The Kier molecular flexibility index (Phi) is 5.25. The summed E-state index contributed by atoms with van der Waals surface area (Å²) >= 11 is 0. The Morgan fingerprint density at radius 2 is 1.91 bits per heavy atom. The Morgan fingerprint density at radius 3 is 2.57 bits per heavy atom. The molecule has 2 aliphatic rings. The Morgan fingerprint density at radius 1 is 1.22 bits per heavy atom. The third-order valence-corrected chi connectivity index (χ3v) is 5.14. The van der Waals surface area contributed by atoms with Crippen molar-refractivity contribution in [3.8, 4) is 0 Å². The van der Waals surface area contributed by atoms with Crippen molar-refractivity contribution in [1.82, 2.24) is 9.80 Å². The number of hydrogen-bond donors (Lipinski definition) is 1. The lowest BCUT2D eigenvalue weighted by Gasteiger charge is -2.38. The normalized spacial score (nSPS) is 22.3. The van der Waals surface area contributed by atoms with Gasteiger partial charge in [-0.05, 0) is 18.4 Å². The molecule has 0 bridgehead atoms. The van der Waals surface area contributed by atoms with Gasteiger partial charge in [-0.15, -0.1) is 0 Å². The molecule has 1 saturated carbocycles. The topological polar surface area (TPSA) is 69.8 Å². The first kappa shape index (κ1) is 16.4. The van der Waals surface area contributed by atoms with E-state index in [4.69, 9.17) is 0 Å². The maximum Gasteiger partial charge on any atom is 0.269 e. The number of non-ortho nitro benzene ring substituents is 1. The lowest BCUT2D eigenvalue weighted by molar-refractivity contribution is -0.385. The number of nitro groups is 1. The van der Waals surface area contributed by atoms with Gasteiger partial charge in [-0.2, -0.15) is 0 Å². The van der Waals surface area contributed by atoms with E-state index in [2.05, 4.69) is 9.80 Å². The van der Waals surface area contributed by atoms with Gasteiger partial charge in [0.2, 0.25) is 0 Å². The van der Waals surface area contributed by atoms with Crippen molar-refractivity contribution >= 4 is 5.69 Å². The van der Waals surface area contributed by atoms with Crippen LogP contribution in [0.25, 0.3) is 0 Å². The molecule has 1 N–H and O–H groups in total. The van der Waals surface area contributed by atoms with Crippen molar-refractivity contribution in [3.05, 3.63) is 39.9 Å². The fourth-order valence-corrected chi connectivity index (χ4v) is 3.78. The first-order valence-corrected chi connectivity index (χ1v) is 8.52. The Hall–Kier alpha value is -1.50. The molecule has 0 aromatic heterocycles. The smallest absolute Gasteiger partial charge is 0.269 e. The molecule has 6 heteroatoms. The molecule has 2 fully saturated rings. The molecular formula is C17H25N3O3. The zero-order valence-corrected chi connectivity index (χ0v) is 13.4. The van der Waals surface area contributed by atoms with E-state index in [0.717, 1.165) is 32.2 Å². The third kappa shape index (κ3) is 4.07. The highest BCUT2D eigenvalue weighted by atomic mass is 16.6. The fraction of sp³-hybridized carbons (Fsp3) is 0.647. The summed E-state index contributed by atoms with van der Waals surface area (Å²) in [5.41, 5.74) is 0.657. The quantitative estimate of drug-likeness (QED) is 0.665. The van der Waals surface area contributed by atoms with Gasteiger partial charge < -0.3 is 5.11 Å². The molecule has 1 unspecified atom stereocenters. The molecular weight excluding hydrogens is 294 g/mol. The van der Waals surface area contributed by atoms with Crippen molar-refractivity contribution in [2.75, 3.05) is 32.7 Å². The van der Waals surface area contributed by atoms with E-state index in [-0.39, 0.29) is 5.69 Å². The van der Waals surface area contributed by atoms with Gasteiger partial charge in [-0.25, -0.2) is 0 Å². The van der Waals surface area contributed by atoms with Crippen LogP contribution >= 0.6 is 0 Å². The summed E-state index contributed by atoms with van der Waals surface area (Å²) in [6, 6.07) is 7.08. The number of piperazine rings is 1. The van der Waals surface area contributed by atoms with E-state index in [1.807, 2.05) is 0 Å². The van der Waals surface area contributed by atoms with Crippen LogP contribution in [0.2, 0.25) is 0 Å². The highest BCUT2D eigenvalue weighted by Gasteiger charge is 2.27. The average molecular weight is 319 g/mol. The number of β-amino-alcohol motifs (C(OH)–C–C–N with tert-alkyl or cyclic N) is 1. The van der Waals surface area contributed by atoms with Crippen molar-refractivity contribution in [2.24, 2.45) is 0 Å². The summed E-state index contributed by atoms with van der Waals surface area (Å²) in [6.07, 6.45) is 4.70. The lowest BCUT2D eigenvalue weighted by Crippen LogP contribution is -2.50. The molecule has 6 nitrogen and oxygen atoms in total. The minimum absolute atomic E-state index is 0.0348. The fourth-order valence-electron chi connectivity index (χ4n) is 3.78. The van der Waals surface area contributed by atoms with Gasteiger partial charge in [0.25, 0.3) is 5.69 Å². The molecule has 1 atom stereocenters. The van der Waals surface area contributed by atoms with Crippen molar-refractivity contribution in [2.45, 2.75) is 37.8 Å². The Bertz CT molecular complexity index is 538. The third-order valence-electron chi connectivity index (χ3n) is 5.14. The second-order valence-electron chi connectivity index (χ2n) is 6.64. The van der Waals surface area contributed by atoms with Gasteiger partial charge in [0, 0.05) is 50.9 Å². The number of aliphatic hydroxyl groups excluding tert-OH is 1. The van der Waals surface area contributed by atoms with Gasteiger partial charge in [-0.1, -0.05) is 25.0 Å². The van der Waals surface area contributed by atoms with E-state index in [1.54, 1.807) is 12.1 Å². The van der Waals surface area contributed by atoms with Gasteiger partial charge in [0.15, 0.2) is 0 Å². The molecule has 126 valence electrons. The number of benzene rings is 1. The van der Waals surface area contributed by atoms with E-state index in [0.29, 0.717) is 12.1 Å². The minimum atomic E-state index is -0.673. The van der Waals surface area contributed by atoms with Crippen LogP contribution in [0, 0.1) is 10.1 Å². The van der Waals surface area contributed by atoms with Gasteiger partial charge in [0.05, 0.1) is 11.0 Å². The van der Waals surface area contributed by atoms with Crippen LogP contribution in [0.3, 0.4) is 0 Å². The predicted octanol–water partition coefficient (Wildman–Crippen LogP) is 2.19. The largest absolute Gasteiger partial charge is 0.387 e. The van der Waals surface area contributed by atoms with E-state index >= 15 is 0 Å². The van der Waals surface area contributed by atoms with Crippen LogP contribution in [0.5, 0.6) is 0 Å². The summed E-state index contributed by atoms with van der Waals surface area (Å²) < 4.78 is 0. The van der Waals surface area contributed by atoms with Gasteiger partial charge >= 0.3 is 0 Å².